The Balaban J connectivity index is 3.21. The van der Waals surface area contributed by atoms with Gasteiger partial charge in [-0.1, -0.05) is 24.8 Å². The van der Waals surface area contributed by atoms with Crippen LogP contribution in [0.4, 0.5) is 0 Å². The fourth-order valence-electron chi connectivity index (χ4n) is 1.36. The molecule has 0 aromatic heterocycles. The first-order valence-electron chi connectivity index (χ1n) is 3.96. The van der Waals surface area contributed by atoms with Crippen molar-refractivity contribution in [1.29, 1.82) is 0 Å². The van der Waals surface area contributed by atoms with E-state index >= 15 is 0 Å². The van der Waals surface area contributed by atoms with Crippen molar-refractivity contribution in [2.75, 3.05) is 6.26 Å². The molecule has 1 heteroatoms. The highest BCUT2D eigenvalue weighted by Gasteiger charge is 2.03. The highest BCUT2D eigenvalue weighted by Crippen LogP contribution is 2.28. The molecular weight excluding hydrogens is 164 g/mol. The van der Waals surface area contributed by atoms with E-state index in [0.717, 1.165) is 4.91 Å². The first kappa shape index (κ1) is 9.40. The third-order valence-electron chi connectivity index (χ3n) is 2.01. The molecule has 64 valence electrons. The number of thioether (sulfide) groups is 1. The van der Waals surface area contributed by atoms with Gasteiger partial charge >= 0.3 is 0 Å². The van der Waals surface area contributed by atoms with Gasteiger partial charge in [-0.3, -0.25) is 0 Å². The molecule has 0 atom stereocenters. The standard InChI is InChI=1S/C11H14S/c1-8-6-5-7-9(2)11(8)10(3)12-4/h5-7H,3H2,1-2,4H3. The summed E-state index contributed by atoms with van der Waals surface area (Å²) in [7, 11) is 0. The van der Waals surface area contributed by atoms with Crippen LogP contribution in [-0.4, -0.2) is 6.26 Å². The van der Waals surface area contributed by atoms with Crippen LogP contribution in [0.3, 0.4) is 0 Å². The normalized spacial score (nSPS) is 9.92. The summed E-state index contributed by atoms with van der Waals surface area (Å²) in [6.45, 7) is 8.29. The van der Waals surface area contributed by atoms with E-state index < -0.39 is 0 Å². The second-order valence-electron chi connectivity index (χ2n) is 2.89. The molecule has 0 nitrogen and oxygen atoms in total. The van der Waals surface area contributed by atoms with Gasteiger partial charge in [-0.05, 0) is 36.8 Å². The number of hydrogen-bond donors (Lipinski definition) is 0. The molecule has 0 aliphatic heterocycles. The Labute approximate surface area is 78.7 Å². The van der Waals surface area contributed by atoms with E-state index in [1.807, 2.05) is 0 Å². The quantitative estimate of drug-likeness (QED) is 0.666. The summed E-state index contributed by atoms with van der Waals surface area (Å²) in [5, 5.41) is 0. The molecular formula is C11H14S. The Morgan fingerprint density at radius 2 is 1.75 bits per heavy atom. The van der Waals surface area contributed by atoms with Crippen LogP contribution < -0.4 is 0 Å². The Kier molecular flexibility index (Phi) is 2.99. The minimum atomic E-state index is 1.16. The first-order valence-corrected chi connectivity index (χ1v) is 5.18. The Bertz CT molecular complexity index is 280. The summed E-state index contributed by atoms with van der Waals surface area (Å²) in [6.07, 6.45) is 2.06. The van der Waals surface area contributed by atoms with E-state index in [0.29, 0.717) is 0 Å². The van der Waals surface area contributed by atoms with Crippen LogP contribution in [0.2, 0.25) is 0 Å². The number of aryl methyl sites for hydroxylation is 2. The van der Waals surface area contributed by atoms with Crippen LogP contribution in [0.25, 0.3) is 4.91 Å². The van der Waals surface area contributed by atoms with Crippen molar-refractivity contribution in [1.82, 2.24) is 0 Å². The summed E-state index contributed by atoms with van der Waals surface area (Å²) in [5.74, 6) is 0. The summed E-state index contributed by atoms with van der Waals surface area (Å²) >= 11 is 1.71. The molecule has 0 N–H and O–H groups in total. The third kappa shape index (κ3) is 1.72. The Hall–Kier alpha value is -0.690. The molecule has 0 aliphatic carbocycles. The maximum absolute atomic E-state index is 4.03. The number of rotatable bonds is 2. The van der Waals surface area contributed by atoms with Gasteiger partial charge < -0.3 is 0 Å². The topological polar surface area (TPSA) is 0 Å². The predicted molar refractivity (Wildman–Crippen MR) is 58.5 cm³/mol. The smallest absolute Gasteiger partial charge is 0.00750 e. The van der Waals surface area contributed by atoms with E-state index in [2.05, 4.69) is 44.9 Å². The second kappa shape index (κ2) is 3.81. The van der Waals surface area contributed by atoms with Crippen LogP contribution in [0.5, 0.6) is 0 Å². The zero-order valence-electron chi connectivity index (χ0n) is 7.85. The van der Waals surface area contributed by atoms with E-state index in [-0.39, 0.29) is 0 Å². The molecule has 1 aromatic carbocycles. The molecule has 0 spiro atoms. The van der Waals surface area contributed by atoms with Crippen molar-refractivity contribution < 1.29 is 0 Å². The number of hydrogen-bond acceptors (Lipinski definition) is 1. The van der Waals surface area contributed by atoms with Gasteiger partial charge in [0.25, 0.3) is 0 Å². The van der Waals surface area contributed by atoms with Crippen LogP contribution in [-0.2, 0) is 0 Å². The van der Waals surface area contributed by atoms with Crippen molar-refractivity contribution in [3.05, 3.63) is 41.5 Å². The molecule has 0 aliphatic rings. The SMILES string of the molecule is C=C(SC)c1c(C)cccc1C. The summed E-state index contributed by atoms with van der Waals surface area (Å²) < 4.78 is 0. The van der Waals surface area contributed by atoms with Crippen LogP contribution in [0, 0.1) is 13.8 Å². The van der Waals surface area contributed by atoms with Gasteiger partial charge in [0.15, 0.2) is 0 Å². The predicted octanol–water partition coefficient (Wildman–Crippen LogP) is 3.64. The number of benzene rings is 1. The molecule has 12 heavy (non-hydrogen) atoms. The van der Waals surface area contributed by atoms with E-state index in [1.54, 1.807) is 11.8 Å². The van der Waals surface area contributed by atoms with Gasteiger partial charge in [0.05, 0.1) is 0 Å². The molecule has 0 saturated carbocycles. The Morgan fingerprint density at radius 3 is 2.17 bits per heavy atom. The highest BCUT2D eigenvalue weighted by atomic mass is 32.2. The minimum absolute atomic E-state index is 1.16. The van der Waals surface area contributed by atoms with Crippen LogP contribution in [0.15, 0.2) is 24.8 Å². The van der Waals surface area contributed by atoms with Crippen molar-refractivity contribution in [2.24, 2.45) is 0 Å². The molecule has 0 amide bonds. The lowest BCUT2D eigenvalue weighted by Gasteiger charge is -2.09. The fraction of sp³-hybridized carbons (Fsp3) is 0.273. The van der Waals surface area contributed by atoms with Crippen molar-refractivity contribution in [3.8, 4) is 0 Å². The lowest BCUT2D eigenvalue weighted by molar-refractivity contribution is 1.35. The minimum Gasteiger partial charge on any atom is -0.130 e. The molecule has 1 rings (SSSR count). The van der Waals surface area contributed by atoms with Gasteiger partial charge in [0, 0.05) is 4.91 Å². The van der Waals surface area contributed by atoms with Crippen molar-refractivity contribution >= 4 is 16.7 Å². The monoisotopic (exact) mass is 178 g/mol. The van der Waals surface area contributed by atoms with Gasteiger partial charge in [-0.15, -0.1) is 11.8 Å². The third-order valence-corrected chi connectivity index (χ3v) is 2.70. The maximum Gasteiger partial charge on any atom is 0.00750 e. The summed E-state index contributed by atoms with van der Waals surface area (Å²) in [5.41, 5.74) is 3.94. The van der Waals surface area contributed by atoms with Gasteiger partial charge in [0.2, 0.25) is 0 Å². The molecule has 0 unspecified atom stereocenters. The molecule has 0 bridgehead atoms. The molecule has 0 saturated heterocycles. The van der Waals surface area contributed by atoms with Crippen LogP contribution in [0.1, 0.15) is 16.7 Å². The lowest BCUT2D eigenvalue weighted by atomic mass is 10.0. The molecule has 0 heterocycles. The fourth-order valence-corrected chi connectivity index (χ4v) is 1.88. The van der Waals surface area contributed by atoms with Gasteiger partial charge in [-0.2, -0.15) is 0 Å². The van der Waals surface area contributed by atoms with E-state index in [1.165, 1.54) is 16.7 Å². The maximum atomic E-state index is 4.03. The zero-order valence-corrected chi connectivity index (χ0v) is 8.66. The van der Waals surface area contributed by atoms with Crippen molar-refractivity contribution in [2.45, 2.75) is 13.8 Å². The average molecular weight is 178 g/mol. The highest BCUT2D eigenvalue weighted by molar-refractivity contribution is 8.07. The molecule has 0 radical (unpaired) electrons. The zero-order chi connectivity index (χ0) is 9.14. The summed E-state index contributed by atoms with van der Waals surface area (Å²) in [4.78, 5) is 1.16. The van der Waals surface area contributed by atoms with Gasteiger partial charge in [0.1, 0.15) is 0 Å². The molecule has 1 aromatic rings. The Morgan fingerprint density at radius 1 is 1.25 bits per heavy atom. The van der Waals surface area contributed by atoms with Gasteiger partial charge in [-0.25, -0.2) is 0 Å². The van der Waals surface area contributed by atoms with Crippen LogP contribution >= 0.6 is 11.8 Å². The largest absolute Gasteiger partial charge is 0.130 e. The van der Waals surface area contributed by atoms with Crippen molar-refractivity contribution in [3.63, 3.8) is 0 Å². The lowest BCUT2D eigenvalue weighted by Crippen LogP contribution is -1.88. The average Bonchev–Trinajstić information content (AvgIpc) is 2.03. The first-order chi connectivity index (χ1) is 5.66. The van der Waals surface area contributed by atoms with E-state index in [4.69, 9.17) is 0 Å². The van der Waals surface area contributed by atoms with E-state index in [9.17, 15) is 0 Å². The second-order valence-corrected chi connectivity index (χ2v) is 3.80. The summed E-state index contributed by atoms with van der Waals surface area (Å²) in [6, 6.07) is 6.34. The molecule has 0 fully saturated rings.